The summed E-state index contributed by atoms with van der Waals surface area (Å²) >= 11 is 12.3. The minimum absolute atomic E-state index is 0.0561. The van der Waals surface area contributed by atoms with Crippen molar-refractivity contribution in [3.63, 3.8) is 0 Å². The molecule has 0 heterocycles. The van der Waals surface area contributed by atoms with Crippen molar-refractivity contribution in [1.29, 1.82) is 0 Å². The van der Waals surface area contributed by atoms with Crippen LogP contribution in [0.15, 0.2) is 65.6 Å². The second-order valence-electron chi connectivity index (χ2n) is 7.56. The Hall–Kier alpha value is -2.78. The molecule has 0 bridgehead atoms. The number of aliphatic hydroxyl groups excluding tert-OH is 1. The van der Waals surface area contributed by atoms with Gasteiger partial charge in [0.05, 0.1) is 46.1 Å². The highest BCUT2D eigenvalue weighted by Crippen LogP contribution is 2.31. The quantitative estimate of drug-likeness (QED) is 0.369. The average Bonchev–Trinajstić information content (AvgIpc) is 2.81. The smallest absolute Gasteiger partial charge is 0.319 e. The fraction of sp³-hybridized carbons (Fsp3) is 0.208. The van der Waals surface area contributed by atoms with Gasteiger partial charge in [0.15, 0.2) is 9.84 Å². The highest BCUT2D eigenvalue weighted by molar-refractivity contribution is 7.90. The van der Waals surface area contributed by atoms with E-state index in [1.807, 2.05) is 0 Å². The molecule has 7 nitrogen and oxygen atoms in total. The molecule has 180 valence electrons. The molecule has 0 aliphatic heterocycles. The Kier molecular flexibility index (Phi) is 8.43. The number of nitrogens with one attached hydrogen (secondary N) is 2. The molecule has 34 heavy (non-hydrogen) atoms. The molecule has 3 N–H and O–H groups in total. The zero-order valence-electron chi connectivity index (χ0n) is 18.5. The lowest BCUT2D eigenvalue weighted by molar-refractivity contribution is 0.249. The lowest BCUT2D eigenvalue weighted by atomic mass is 10.1. The van der Waals surface area contributed by atoms with E-state index < -0.39 is 21.9 Å². The summed E-state index contributed by atoms with van der Waals surface area (Å²) in [4.78, 5) is 12.6. The van der Waals surface area contributed by atoms with Gasteiger partial charge in [0.1, 0.15) is 5.75 Å². The maximum atomic E-state index is 12.9. The maximum absolute atomic E-state index is 12.9. The molecule has 1 unspecified atom stereocenters. The Balaban J connectivity index is 1.73. The summed E-state index contributed by atoms with van der Waals surface area (Å²) in [6.45, 7) is 1.65. The molecular formula is C24H24Cl2N2O5S. The van der Waals surface area contributed by atoms with Crippen LogP contribution in [0, 0.1) is 0 Å². The summed E-state index contributed by atoms with van der Waals surface area (Å²) in [6.07, 6.45) is 0. The fourth-order valence-corrected chi connectivity index (χ4v) is 5.13. The van der Waals surface area contributed by atoms with Crippen molar-refractivity contribution in [1.82, 2.24) is 5.32 Å². The topological polar surface area (TPSA) is 105 Å². The van der Waals surface area contributed by atoms with Crippen LogP contribution < -0.4 is 15.4 Å². The zero-order valence-corrected chi connectivity index (χ0v) is 20.8. The lowest BCUT2D eigenvalue weighted by Gasteiger charge is -2.18. The van der Waals surface area contributed by atoms with Crippen molar-refractivity contribution in [2.75, 3.05) is 12.4 Å². The van der Waals surface area contributed by atoms with Gasteiger partial charge in [-0.25, -0.2) is 13.2 Å². The third-order valence-corrected chi connectivity index (χ3v) is 7.66. The summed E-state index contributed by atoms with van der Waals surface area (Å²) in [5.74, 6) is -0.0205. The first-order valence-electron chi connectivity index (χ1n) is 10.3. The van der Waals surface area contributed by atoms with Crippen LogP contribution >= 0.6 is 23.2 Å². The predicted octanol–water partition coefficient (Wildman–Crippen LogP) is 5.35. The second-order valence-corrected chi connectivity index (χ2v) is 10.3. The van der Waals surface area contributed by atoms with E-state index in [1.54, 1.807) is 49.4 Å². The van der Waals surface area contributed by atoms with Crippen molar-refractivity contribution in [3.8, 4) is 5.75 Å². The lowest BCUT2D eigenvalue weighted by Crippen LogP contribution is -2.31. The summed E-state index contributed by atoms with van der Waals surface area (Å²) in [6, 6.07) is 15.1. The SMILES string of the molecule is COc1cc(S(=O)(=O)Cc2ccc(CO)cc2)ccc1NC(=O)NC(C)c1cccc(Cl)c1Cl. The standard InChI is InChI=1S/C24H24Cl2N2O5S/c1-15(19-4-3-5-20(25)23(19)26)27-24(30)28-21-11-10-18(12-22(21)33-2)34(31,32)14-17-8-6-16(13-29)7-9-17/h3-12,15,29H,13-14H2,1-2H3,(H2,27,28,30). The van der Waals surface area contributed by atoms with E-state index >= 15 is 0 Å². The van der Waals surface area contributed by atoms with E-state index in [2.05, 4.69) is 10.6 Å². The zero-order chi connectivity index (χ0) is 24.9. The minimum Gasteiger partial charge on any atom is -0.495 e. The molecule has 0 saturated carbocycles. The molecule has 0 radical (unpaired) electrons. The molecule has 10 heteroatoms. The number of urea groups is 1. The number of halogens is 2. The first kappa shape index (κ1) is 25.8. The highest BCUT2D eigenvalue weighted by Gasteiger charge is 2.20. The number of amides is 2. The second kappa shape index (κ2) is 11.1. The molecular weight excluding hydrogens is 499 g/mol. The van der Waals surface area contributed by atoms with Gasteiger partial charge >= 0.3 is 6.03 Å². The molecule has 0 aromatic heterocycles. The molecule has 3 rings (SSSR count). The number of hydrogen-bond acceptors (Lipinski definition) is 5. The predicted molar refractivity (Wildman–Crippen MR) is 133 cm³/mol. The van der Waals surface area contributed by atoms with Crippen molar-refractivity contribution in [3.05, 3.63) is 87.4 Å². The van der Waals surface area contributed by atoms with Gasteiger partial charge in [-0.3, -0.25) is 0 Å². The van der Waals surface area contributed by atoms with Crippen molar-refractivity contribution in [2.24, 2.45) is 0 Å². The van der Waals surface area contributed by atoms with E-state index in [-0.39, 0.29) is 23.0 Å². The molecule has 2 amide bonds. The number of benzene rings is 3. The minimum atomic E-state index is -3.67. The molecule has 3 aromatic rings. The van der Waals surface area contributed by atoms with Crippen LogP contribution in [0.2, 0.25) is 10.0 Å². The Morgan fingerprint density at radius 3 is 2.38 bits per heavy atom. The summed E-state index contributed by atoms with van der Waals surface area (Å²) in [5, 5.41) is 15.3. The number of methoxy groups -OCH3 is 1. The molecule has 0 aliphatic rings. The number of carbonyl (C=O) groups excluding carboxylic acids is 1. The molecule has 0 aliphatic carbocycles. The monoisotopic (exact) mass is 522 g/mol. The van der Waals surface area contributed by atoms with Gasteiger partial charge < -0.3 is 20.5 Å². The molecule has 0 fully saturated rings. The van der Waals surface area contributed by atoms with Crippen molar-refractivity contribution >= 4 is 44.8 Å². The molecule has 0 spiro atoms. The first-order chi connectivity index (χ1) is 16.1. The van der Waals surface area contributed by atoms with E-state index in [0.717, 1.165) is 0 Å². The van der Waals surface area contributed by atoms with Gasteiger partial charge in [0.25, 0.3) is 0 Å². The number of rotatable bonds is 8. The number of sulfone groups is 1. The number of carbonyl (C=O) groups is 1. The summed E-state index contributed by atoms with van der Waals surface area (Å²) < 4.78 is 31.1. The Morgan fingerprint density at radius 2 is 1.74 bits per heavy atom. The number of ether oxygens (including phenoxy) is 1. The summed E-state index contributed by atoms with van der Waals surface area (Å²) in [5.41, 5.74) is 2.25. The van der Waals surface area contributed by atoms with Crippen LogP contribution in [0.1, 0.15) is 29.7 Å². The third-order valence-electron chi connectivity index (χ3n) is 5.14. The van der Waals surface area contributed by atoms with Crippen LogP contribution in [-0.2, 0) is 22.2 Å². The molecule has 1 atom stereocenters. The van der Waals surface area contributed by atoms with Crippen LogP contribution in [0.5, 0.6) is 5.75 Å². The largest absolute Gasteiger partial charge is 0.495 e. The Labute approximate surface area is 208 Å². The fourth-order valence-electron chi connectivity index (χ4n) is 3.30. The maximum Gasteiger partial charge on any atom is 0.319 e. The summed E-state index contributed by atoms with van der Waals surface area (Å²) in [7, 11) is -2.29. The van der Waals surface area contributed by atoms with E-state index in [1.165, 1.54) is 25.3 Å². The van der Waals surface area contributed by atoms with Gasteiger partial charge in [-0.15, -0.1) is 0 Å². The molecule has 0 saturated heterocycles. The van der Waals surface area contributed by atoms with Crippen molar-refractivity contribution in [2.45, 2.75) is 30.2 Å². The Morgan fingerprint density at radius 1 is 1.06 bits per heavy atom. The van der Waals surface area contributed by atoms with Crippen LogP contribution in [-0.4, -0.2) is 26.7 Å². The normalized spacial score (nSPS) is 12.1. The van der Waals surface area contributed by atoms with Gasteiger partial charge in [-0.2, -0.15) is 0 Å². The van der Waals surface area contributed by atoms with Gasteiger partial charge in [0, 0.05) is 6.07 Å². The van der Waals surface area contributed by atoms with E-state index in [9.17, 15) is 13.2 Å². The highest BCUT2D eigenvalue weighted by atomic mass is 35.5. The Bertz CT molecular complexity index is 1280. The van der Waals surface area contributed by atoms with Gasteiger partial charge in [0.2, 0.25) is 0 Å². The van der Waals surface area contributed by atoms with Gasteiger partial charge in [-0.05, 0) is 41.8 Å². The van der Waals surface area contributed by atoms with E-state index in [4.69, 9.17) is 33.0 Å². The number of hydrogen-bond donors (Lipinski definition) is 3. The van der Waals surface area contributed by atoms with Crippen molar-refractivity contribution < 1.29 is 23.1 Å². The number of aliphatic hydroxyl groups is 1. The van der Waals surface area contributed by atoms with Crippen LogP contribution in [0.25, 0.3) is 0 Å². The van der Waals surface area contributed by atoms with Crippen LogP contribution in [0.3, 0.4) is 0 Å². The third kappa shape index (κ3) is 6.21. The number of anilines is 1. The van der Waals surface area contributed by atoms with Gasteiger partial charge in [-0.1, -0.05) is 59.6 Å². The average molecular weight is 523 g/mol. The van der Waals surface area contributed by atoms with Crippen LogP contribution in [0.4, 0.5) is 10.5 Å². The molecule has 3 aromatic carbocycles. The van der Waals surface area contributed by atoms with E-state index in [0.29, 0.717) is 32.4 Å². The first-order valence-corrected chi connectivity index (χ1v) is 12.7.